The summed E-state index contributed by atoms with van der Waals surface area (Å²) in [6.07, 6.45) is 0. The Morgan fingerprint density at radius 2 is 1.63 bits per heavy atom. The zero-order valence-electron chi connectivity index (χ0n) is 11.3. The third-order valence-corrected chi connectivity index (χ3v) is 3.40. The molecule has 19 heavy (non-hydrogen) atoms. The van der Waals surface area contributed by atoms with E-state index in [0.29, 0.717) is 11.1 Å². The summed E-state index contributed by atoms with van der Waals surface area (Å²) in [5.41, 5.74) is 2.77. The van der Waals surface area contributed by atoms with Gasteiger partial charge in [-0.2, -0.15) is 0 Å². The topological polar surface area (TPSA) is 12.0 Å². The van der Waals surface area contributed by atoms with Gasteiger partial charge < -0.3 is 5.32 Å². The van der Waals surface area contributed by atoms with Crippen LogP contribution in [-0.2, 0) is 0 Å². The summed E-state index contributed by atoms with van der Waals surface area (Å²) in [4.78, 5) is 0. The van der Waals surface area contributed by atoms with Crippen LogP contribution in [0.5, 0.6) is 0 Å². The number of hydrogen-bond donors (Lipinski definition) is 1. The van der Waals surface area contributed by atoms with Crippen molar-refractivity contribution in [1.29, 1.82) is 0 Å². The molecule has 100 valence electrons. The maximum absolute atomic E-state index is 13.8. The van der Waals surface area contributed by atoms with Crippen LogP contribution in [0.25, 0.3) is 11.1 Å². The van der Waals surface area contributed by atoms with Crippen molar-refractivity contribution >= 4 is 0 Å². The van der Waals surface area contributed by atoms with Crippen LogP contribution >= 0.6 is 0 Å². The first-order valence-electron chi connectivity index (χ1n) is 6.26. The molecule has 0 spiro atoms. The molecule has 0 aromatic heterocycles. The summed E-state index contributed by atoms with van der Waals surface area (Å²) in [5, 5.41) is 3.14. The molecule has 0 radical (unpaired) electrons. The highest BCUT2D eigenvalue weighted by molar-refractivity contribution is 5.65. The van der Waals surface area contributed by atoms with Crippen molar-refractivity contribution in [1.82, 2.24) is 5.32 Å². The smallest absolute Gasteiger partial charge is 0.133 e. The van der Waals surface area contributed by atoms with Crippen molar-refractivity contribution < 1.29 is 8.78 Å². The number of hydrogen-bond acceptors (Lipinski definition) is 1. The van der Waals surface area contributed by atoms with Gasteiger partial charge in [-0.1, -0.05) is 24.3 Å². The molecule has 1 atom stereocenters. The molecule has 0 aliphatic carbocycles. The van der Waals surface area contributed by atoms with Gasteiger partial charge in [-0.15, -0.1) is 0 Å². The molecule has 2 rings (SSSR count). The SMILES string of the molecule is CNC(C)c1ccc(-c2cc(C)c(F)cc2F)cc1. The van der Waals surface area contributed by atoms with Gasteiger partial charge in [-0.3, -0.25) is 0 Å². The molecule has 0 saturated heterocycles. The second-order valence-corrected chi connectivity index (χ2v) is 4.71. The molecule has 0 saturated carbocycles. The molecule has 0 bridgehead atoms. The second-order valence-electron chi connectivity index (χ2n) is 4.71. The molecule has 1 nitrogen and oxygen atoms in total. The highest BCUT2D eigenvalue weighted by Gasteiger charge is 2.10. The first kappa shape index (κ1) is 13.7. The van der Waals surface area contributed by atoms with Crippen LogP contribution in [0.15, 0.2) is 36.4 Å². The van der Waals surface area contributed by atoms with E-state index < -0.39 is 11.6 Å². The lowest BCUT2D eigenvalue weighted by Crippen LogP contribution is -2.11. The van der Waals surface area contributed by atoms with E-state index in [0.717, 1.165) is 17.2 Å². The first-order chi connectivity index (χ1) is 9.02. The molecule has 3 heteroatoms. The highest BCUT2D eigenvalue weighted by atomic mass is 19.1. The third kappa shape index (κ3) is 2.82. The van der Waals surface area contributed by atoms with Crippen molar-refractivity contribution in [3.05, 3.63) is 59.2 Å². The van der Waals surface area contributed by atoms with Crippen LogP contribution in [0.1, 0.15) is 24.1 Å². The molecular formula is C16H17F2N. The van der Waals surface area contributed by atoms with Crippen LogP contribution in [0.2, 0.25) is 0 Å². The number of halogens is 2. The van der Waals surface area contributed by atoms with Crippen molar-refractivity contribution in [2.24, 2.45) is 0 Å². The van der Waals surface area contributed by atoms with E-state index in [9.17, 15) is 8.78 Å². The van der Waals surface area contributed by atoms with Gasteiger partial charge in [0.05, 0.1) is 0 Å². The van der Waals surface area contributed by atoms with Gasteiger partial charge in [0.15, 0.2) is 0 Å². The number of nitrogens with one attached hydrogen (secondary N) is 1. The van der Waals surface area contributed by atoms with Gasteiger partial charge in [0.25, 0.3) is 0 Å². The fourth-order valence-electron chi connectivity index (χ4n) is 2.00. The fourth-order valence-corrected chi connectivity index (χ4v) is 2.00. The number of rotatable bonds is 3. The quantitative estimate of drug-likeness (QED) is 0.872. The second kappa shape index (κ2) is 5.49. The fraction of sp³-hybridized carbons (Fsp3) is 0.250. The first-order valence-corrected chi connectivity index (χ1v) is 6.26. The molecule has 0 aliphatic heterocycles. The van der Waals surface area contributed by atoms with E-state index in [1.54, 1.807) is 13.0 Å². The predicted molar refractivity (Wildman–Crippen MR) is 74.0 cm³/mol. The molecule has 2 aromatic rings. The molecule has 0 amide bonds. The van der Waals surface area contributed by atoms with Crippen LogP contribution in [0.3, 0.4) is 0 Å². The van der Waals surface area contributed by atoms with Crippen LogP contribution in [-0.4, -0.2) is 7.05 Å². The van der Waals surface area contributed by atoms with Gasteiger partial charge in [-0.05, 0) is 43.7 Å². The third-order valence-electron chi connectivity index (χ3n) is 3.40. The summed E-state index contributed by atoms with van der Waals surface area (Å²) < 4.78 is 27.0. The Balaban J connectivity index is 2.40. The maximum Gasteiger partial charge on any atom is 0.133 e. The molecule has 1 unspecified atom stereocenters. The van der Waals surface area contributed by atoms with E-state index in [2.05, 4.69) is 12.2 Å². The van der Waals surface area contributed by atoms with Gasteiger partial charge in [-0.25, -0.2) is 8.78 Å². The molecule has 0 aliphatic rings. The molecular weight excluding hydrogens is 244 g/mol. The minimum atomic E-state index is -0.530. The Hall–Kier alpha value is -1.74. The van der Waals surface area contributed by atoms with E-state index in [-0.39, 0.29) is 6.04 Å². The Morgan fingerprint density at radius 1 is 1.00 bits per heavy atom. The minimum Gasteiger partial charge on any atom is -0.313 e. The molecule has 2 aromatic carbocycles. The van der Waals surface area contributed by atoms with E-state index in [1.807, 2.05) is 31.3 Å². The van der Waals surface area contributed by atoms with Crippen molar-refractivity contribution in [3.63, 3.8) is 0 Å². The lowest BCUT2D eigenvalue weighted by molar-refractivity contribution is 0.579. The largest absolute Gasteiger partial charge is 0.313 e. The molecule has 0 heterocycles. The summed E-state index contributed by atoms with van der Waals surface area (Å²) in [6, 6.07) is 10.4. The standard InChI is InChI=1S/C16H17F2N/c1-10-8-14(16(18)9-15(10)17)13-6-4-12(5-7-13)11(2)19-3/h4-9,11,19H,1-3H3. The highest BCUT2D eigenvalue weighted by Crippen LogP contribution is 2.26. The minimum absolute atomic E-state index is 0.244. The van der Waals surface area contributed by atoms with Gasteiger partial charge in [0, 0.05) is 17.7 Å². The van der Waals surface area contributed by atoms with Gasteiger partial charge in [0.1, 0.15) is 11.6 Å². The van der Waals surface area contributed by atoms with Crippen molar-refractivity contribution in [2.45, 2.75) is 19.9 Å². The number of benzene rings is 2. The van der Waals surface area contributed by atoms with E-state index in [4.69, 9.17) is 0 Å². The van der Waals surface area contributed by atoms with E-state index in [1.165, 1.54) is 0 Å². The zero-order valence-corrected chi connectivity index (χ0v) is 11.3. The zero-order chi connectivity index (χ0) is 14.0. The maximum atomic E-state index is 13.8. The molecule has 1 N–H and O–H groups in total. The summed E-state index contributed by atoms with van der Waals surface area (Å²) >= 11 is 0. The van der Waals surface area contributed by atoms with Crippen LogP contribution in [0, 0.1) is 18.6 Å². The lowest BCUT2D eigenvalue weighted by Gasteiger charge is -2.12. The average molecular weight is 261 g/mol. The molecule has 0 fully saturated rings. The monoisotopic (exact) mass is 261 g/mol. The van der Waals surface area contributed by atoms with E-state index >= 15 is 0 Å². The van der Waals surface area contributed by atoms with Crippen LogP contribution < -0.4 is 5.32 Å². The summed E-state index contributed by atoms with van der Waals surface area (Å²) in [5.74, 6) is -1.04. The van der Waals surface area contributed by atoms with Crippen molar-refractivity contribution in [3.8, 4) is 11.1 Å². The Kier molecular flexibility index (Phi) is 3.96. The predicted octanol–water partition coefficient (Wildman–Crippen LogP) is 4.22. The normalized spacial score (nSPS) is 12.5. The average Bonchev–Trinajstić information content (AvgIpc) is 2.42. The van der Waals surface area contributed by atoms with Gasteiger partial charge in [0.2, 0.25) is 0 Å². The Bertz CT molecular complexity index is 576. The lowest BCUT2D eigenvalue weighted by atomic mass is 9.99. The van der Waals surface area contributed by atoms with Crippen molar-refractivity contribution in [2.75, 3.05) is 7.05 Å². The Morgan fingerprint density at radius 3 is 2.21 bits per heavy atom. The Labute approximate surface area is 112 Å². The van der Waals surface area contributed by atoms with Crippen LogP contribution in [0.4, 0.5) is 8.78 Å². The summed E-state index contributed by atoms with van der Waals surface area (Å²) in [7, 11) is 1.89. The summed E-state index contributed by atoms with van der Waals surface area (Å²) in [6.45, 7) is 3.69. The number of aryl methyl sites for hydroxylation is 1. The van der Waals surface area contributed by atoms with Gasteiger partial charge >= 0.3 is 0 Å².